The molecule has 0 aromatic rings. The van der Waals surface area contributed by atoms with Gasteiger partial charge in [-0.05, 0) is 61.7 Å². The lowest BCUT2D eigenvalue weighted by molar-refractivity contribution is -0.243. The first-order valence-corrected chi connectivity index (χ1v) is 11.3. The van der Waals surface area contributed by atoms with Crippen molar-refractivity contribution in [3.63, 3.8) is 0 Å². The summed E-state index contributed by atoms with van der Waals surface area (Å²) in [6.45, 7) is 7.42. The molecule has 5 nitrogen and oxygen atoms in total. The monoisotopic (exact) mass is 390 g/mol. The second-order valence-corrected chi connectivity index (χ2v) is 10.6. The molecular weight excluding hydrogens is 356 g/mol. The molecular formula is C23H34O5. The number of fused-ring (bicyclic) bond motifs is 6. The summed E-state index contributed by atoms with van der Waals surface area (Å²) in [4.78, 5) is 25.1. The largest absolute Gasteiger partial charge is 0.463 e. The molecule has 0 N–H and O–H groups in total. The molecule has 1 spiro atoms. The molecule has 7 atom stereocenters. The topological polar surface area (TPSA) is 61.8 Å². The fourth-order valence-corrected chi connectivity index (χ4v) is 8.25. The highest BCUT2D eigenvalue weighted by atomic mass is 16.7. The van der Waals surface area contributed by atoms with Gasteiger partial charge in [0.2, 0.25) is 0 Å². The second-order valence-electron chi connectivity index (χ2n) is 10.6. The quantitative estimate of drug-likeness (QED) is 0.636. The lowest BCUT2D eigenvalue weighted by atomic mass is 9.44. The molecule has 0 bridgehead atoms. The van der Waals surface area contributed by atoms with Crippen molar-refractivity contribution in [2.45, 2.75) is 84.0 Å². The summed E-state index contributed by atoms with van der Waals surface area (Å²) in [5.41, 5.74) is -0.134. The van der Waals surface area contributed by atoms with Crippen LogP contribution in [-0.4, -0.2) is 36.9 Å². The van der Waals surface area contributed by atoms with Crippen molar-refractivity contribution >= 4 is 11.8 Å². The van der Waals surface area contributed by atoms with Crippen molar-refractivity contribution in [2.24, 2.45) is 34.5 Å². The maximum absolute atomic E-state index is 13.6. The molecule has 4 saturated carbocycles. The fraction of sp³-hybridized carbons (Fsp3) is 0.913. The molecule has 0 aromatic heterocycles. The highest BCUT2D eigenvalue weighted by Crippen LogP contribution is 2.68. The Morgan fingerprint density at radius 3 is 2.54 bits per heavy atom. The Balaban J connectivity index is 1.42. The van der Waals surface area contributed by atoms with Gasteiger partial charge in [0.25, 0.3) is 0 Å². The predicted octanol–water partition coefficient (Wildman–Crippen LogP) is 3.88. The van der Waals surface area contributed by atoms with Crippen molar-refractivity contribution in [3.05, 3.63) is 0 Å². The second kappa shape index (κ2) is 6.28. The van der Waals surface area contributed by atoms with E-state index in [9.17, 15) is 9.59 Å². The Morgan fingerprint density at radius 1 is 1.07 bits per heavy atom. The van der Waals surface area contributed by atoms with E-state index in [1.165, 1.54) is 6.92 Å². The van der Waals surface area contributed by atoms with E-state index in [4.69, 9.17) is 14.2 Å². The van der Waals surface area contributed by atoms with Gasteiger partial charge in [0.05, 0.1) is 13.2 Å². The van der Waals surface area contributed by atoms with Crippen LogP contribution < -0.4 is 0 Å². The van der Waals surface area contributed by atoms with E-state index in [1.54, 1.807) is 0 Å². The molecule has 156 valence electrons. The Labute approximate surface area is 167 Å². The van der Waals surface area contributed by atoms with Crippen LogP contribution in [0.4, 0.5) is 0 Å². The minimum Gasteiger partial charge on any atom is -0.463 e. The number of carbonyl (C=O) groups excluding carboxylic acids is 2. The third kappa shape index (κ3) is 2.44. The van der Waals surface area contributed by atoms with Gasteiger partial charge >= 0.3 is 5.97 Å². The van der Waals surface area contributed by atoms with Crippen molar-refractivity contribution < 1.29 is 23.8 Å². The highest BCUT2D eigenvalue weighted by Gasteiger charge is 2.69. The van der Waals surface area contributed by atoms with E-state index in [0.717, 1.165) is 44.9 Å². The summed E-state index contributed by atoms with van der Waals surface area (Å²) in [6, 6.07) is 0. The molecule has 0 amide bonds. The summed E-state index contributed by atoms with van der Waals surface area (Å²) in [5.74, 6) is 1.32. The lowest BCUT2D eigenvalue weighted by Crippen LogP contribution is -2.60. The molecule has 5 fully saturated rings. The van der Waals surface area contributed by atoms with Gasteiger partial charge in [-0.25, -0.2) is 0 Å². The van der Waals surface area contributed by atoms with Crippen LogP contribution in [0.15, 0.2) is 0 Å². The van der Waals surface area contributed by atoms with Crippen molar-refractivity contribution in [2.75, 3.05) is 13.2 Å². The molecule has 1 saturated heterocycles. The molecule has 4 aliphatic carbocycles. The smallest absolute Gasteiger partial charge is 0.302 e. The zero-order valence-corrected chi connectivity index (χ0v) is 17.5. The van der Waals surface area contributed by atoms with Gasteiger partial charge < -0.3 is 14.2 Å². The Kier molecular flexibility index (Phi) is 4.27. The van der Waals surface area contributed by atoms with E-state index in [0.29, 0.717) is 43.2 Å². The number of hydrogen-bond acceptors (Lipinski definition) is 5. The van der Waals surface area contributed by atoms with Crippen LogP contribution in [0.3, 0.4) is 0 Å². The van der Waals surface area contributed by atoms with E-state index >= 15 is 0 Å². The maximum Gasteiger partial charge on any atom is 0.302 e. The summed E-state index contributed by atoms with van der Waals surface area (Å²) < 4.78 is 17.9. The molecule has 0 radical (unpaired) electrons. The van der Waals surface area contributed by atoms with Crippen LogP contribution in [0.1, 0.15) is 72.1 Å². The third-order valence-electron chi connectivity index (χ3n) is 9.44. The minimum absolute atomic E-state index is 0.0334. The molecule has 5 rings (SSSR count). The first-order chi connectivity index (χ1) is 13.3. The summed E-state index contributed by atoms with van der Waals surface area (Å²) in [7, 11) is 0. The van der Waals surface area contributed by atoms with Gasteiger partial charge in [0, 0.05) is 31.1 Å². The van der Waals surface area contributed by atoms with Gasteiger partial charge in [0.1, 0.15) is 11.9 Å². The van der Waals surface area contributed by atoms with Gasteiger partial charge in [-0.1, -0.05) is 13.8 Å². The number of ether oxygens (including phenoxy) is 3. The lowest BCUT2D eigenvalue weighted by Gasteiger charge is -2.60. The maximum atomic E-state index is 13.6. The van der Waals surface area contributed by atoms with E-state index in [1.807, 2.05) is 0 Å². The highest BCUT2D eigenvalue weighted by molar-refractivity contribution is 5.84. The Morgan fingerprint density at radius 2 is 1.82 bits per heavy atom. The molecule has 5 heteroatoms. The molecule has 0 unspecified atom stereocenters. The molecule has 28 heavy (non-hydrogen) atoms. The number of hydrogen-bond donors (Lipinski definition) is 0. The standard InChI is InChI=1S/C23H34O5/c1-14(24)28-16-6-8-21(2)15(12-16)4-5-17-18-7-9-23(26-10-11-27-23)22(18,3)13-19(25)20(17)21/h15-18,20H,4-13H2,1-3H3/t15-,16+,17-,18-,20+,21-,22-/m0/s1. The third-order valence-corrected chi connectivity index (χ3v) is 9.44. The molecule has 0 aromatic carbocycles. The number of Topliss-reactive ketones (excluding diaryl/α,β-unsaturated/α-hetero) is 1. The summed E-state index contributed by atoms with van der Waals surface area (Å²) in [6.07, 6.45) is 7.72. The number of ketones is 1. The number of rotatable bonds is 1. The fourth-order valence-electron chi connectivity index (χ4n) is 8.25. The van der Waals surface area contributed by atoms with Crippen molar-refractivity contribution in [3.8, 4) is 0 Å². The first-order valence-electron chi connectivity index (χ1n) is 11.3. The molecule has 5 aliphatic rings. The minimum atomic E-state index is -0.525. The average Bonchev–Trinajstić information content (AvgIpc) is 3.21. The normalized spacial score (nSPS) is 49.4. The zero-order valence-electron chi connectivity index (χ0n) is 17.5. The van der Waals surface area contributed by atoms with Crippen molar-refractivity contribution in [1.82, 2.24) is 0 Å². The van der Waals surface area contributed by atoms with Gasteiger partial charge in [-0.2, -0.15) is 0 Å². The van der Waals surface area contributed by atoms with Crippen LogP contribution in [0.2, 0.25) is 0 Å². The van der Waals surface area contributed by atoms with E-state index < -0.39 is 5.79 Å². The average molecular weight is 391 g/mol. The van der Waals surface area contributed by atoms with Gasteiger partial charge in [0.15, 0.2) is 5.79 Å². The molecule has 1 aliphatic heterocycles. The van der Waals surface area contributed by atoms with Crippen LogP contribution >= 0.6 is 0 Å². The Bertz CT molecular complexity index is 682. The van der Waals surface area contributed by atoms with E-state index in [2.05, 4.69) is 13.8 Å². The Hall–Kier alpha value is -0.940. The van der Waals surface area contributed by atoms with Gasteiger partial charge in [-0.15, -0.1) is 0 Å². The first kappa shape index (κ1) is 19.0. The number of carbonyl (C=O) groups is 2. The number of esters is 1. The van der Waals surface area contributed by atoms with Crippen LogP contribution in [-0.2, 0) is 23.8 Å². The van der Waals surface area contributed by atoms with Crippen LogP contribution in [0.25, 0.3) is 0 Å². The van der Waals surface area contributed by atoms with Gasteiger partial charge in [-0.3, -0.25) is 9.59 Å². The summed E-state index contributed by atoms with van der Waals surface area (Å²) in [5, 5.41) is 0. The summed E-state index contributed by atoms with van der Waals surface area (Å²) >= 11 is 0. The molecule has 1 heterocycles. The van der Waals surface area contributed by atoms with E-state index in [-0.39, 0.29) is 28.8 Å². The van der Waals surface area contributed by atoms with Crippen molar-refractivity contribution in [1.29, 1.82) is 0 Å². The predicted molar refractivity (Wildman–Crippen MR) is 102 cm³/mol. The van der Waals surface area contributed by atoms with Crippen LogP contribution in [0.5, 0.6) is 0 Å². The SMILES string of the molecule is CC(=O)O[C@@H]1CC[C@@]2(C)[C@@H](CC[C@@H]3[C@@H]2C(=O)C[C@@]2(C)[C@H]3CCC23OCCO3)C1. The zero-order chi connectivity index (χ0) is 19.7. The van der Waals surface area contributed by atoms with Crippen LogP contribution in [0, 0.1) is 34.5 Å².